The molecule has 0 saturated carbocycles. The number of nitrogens with zero attached hydrogens (tertiary/aromatic N) is 1. The number of hydrogen-bond acceptors (Lipinski definition) is 2. The minimum absolute atomic E-state index is 0.705. The fourth-order valence-electron chi connectivity index (χ4n) is 1.22. The molecule has 0 bridgehead atoms. The lowest BCUT2D eigenvalue weighted by atomic mass is 10.4. The Labute approximate surface area is 87.4 Å². The summed E-state index contributed by atoms with van der Waals surface area (Å²) in [7, 11) is 0. The van der Waals surface area contributed by atoms with Gasteiger partial charge in [0, 0.05) is 23.6 Å². The second-order valence-corrected chi connectivity index (χ2v) is 11.3. The molecular weight excluding hydrogens is 197 g/mol. The average molecular weight is 218 g/mol. The van der Waals surface area contributed by atoms with Gasteiger partial charge in [0.1, 0.15) is 0 Å². The summed E-state index contributed by atoms with van der Waals surface area (Å²) in [5.41, 5.74) is 0.848. The molecule has 76 valence electrons. The van der Waals surface area contributed by atoms with E-state index in [1.165, 1.54) is 12.6 Å². The smallest absolute Gasteiger partial charge is 0.0767 e. The van der Waals surface area contributed by atoms with Crippen LogP contribution in [0.3, 0.4) is 0 Å². The predicted octanol–water partition coefficient (Wildman–Crippen LogP) is 4.01. The zero-order valence-corrected chi connectivity index (χ0v) is 10.9. The van der Waals surface area contributed by atoms with E-state index in [9.17, 15) is 0 Å². The maximum atomic E-state index is 8.48. The molecule has 0 aliphatic rings. The van der Waals surface area contributed by atoms with Gasteiger partial charge in [0.15, 0.2) is 0 Å². The van der Waals surface area contributed by atoms with Crippen molar-refractivity contribution in [1.82, 2.24) is 0 Å². The summed E-state index contributed by atoms with van der Waals surface area (Å²) in [5, 5.41) is 8.48. The standard InChI is InChI=1S/C10H21NPS/c1-5-10(3)12(4,6-2)13-9-7-8-11/h10H,5-7,9H2,1-4H3/q+1. The summed E-state index contributed by atoms with van der Waals surface area (Å²) in [6, 6.07) is 2.22. The topological polar surface area (TPSA) is 23.8 Å². The Hall–Kier alpha value is 0.270. The van der Waals surface area contributed by atoms with E-state index in [0.29, 0.717) is 6.42 Å². The molecule has 0 spiro atoms. The van der Waals surface area contributed by atoms with E-state index in [4.69, 9.17) is 5.26 Å². The van der Waals surface area contributed by atoms with Crippen molar-refractivity contribution in [2.24, 2.45) is 0 Å². The van der Waals surface area contributed by atoms with E-state index < -0.39 is 6.46 Å². The second kappa shape index (κ2) is 6.68. The van der Waals surface area contributed by atoms with Gasteiger partial charge in [-0.15, -0.1) is 0 Å². The van der Waals surface area contributed by atoms with E-state index >= 15 is 0 Å². The van der Waals surface area contributed by atoms with E-state index in [2.05, 4.69) is 44.9 Å². The Kier molecular flexibility index (Phi) is 6.82. The zero-order chi connectivity index (χ0) is 10.3. The summed E-state index contributed by atoms with van der Waals surface area (Å²) in [4.78, 5) is 0. The average Bonchev–Trinajstić information content (AvgIpc) is 2.16. The molecule has 0 aromatic carbocycles. The molecule has 0 heterocycles. The Morgan fingerprint density at radius 2 is 2.08 bits per heavy atom. The van der Waals surface area contributed by atoms with Gasteiger partial charge in [-0.3, -0.25) is 0 Å². The van der Waals surface area contributed by atoms with Crippen molar-refractivity contribution >= 4 is 17.8 Å². The van der Waals surface area contributed by atoms with Gasteiger partial charge < -0.3 is 0 Å². The molecule has 2 atom stereocenters. The third kappa shape index (κ3) is 4.34. The third-order valence-corrected chi connectivity index (χ3v) is 11.4. The number of nitriles is 1. The van der Waals surface area contributed by atoms with Crippen LogP contribution in [0.5, 0.6) is 0 Å². The largest absolute Gasteiger partial charge is 0.198 e. The maximum absolute atomic E-state index is 8.48. The van der Waals surface area contributed by atoms with Crippen molar-refractivity contribution in [2.75, 3.05) is 18.6 Å². The van der Waals surface area contributed by atoms with Crippen LogP contribution >= 0.6 is 17.8 Å². The lowest BCUT2D eigenvalue weighted by molar-refractivity contribution is 0.888. The van der Waals surface area contributed by atoms with Gasteiger partial charge in [0.25, 0.3) is 0 Å². The Balaban J connectivity index is 4.04. The monoisotopic (exact) mass is 218 g/mol. The first-order valence-corrected chi connectivity index (χ1v) is 9.05. The molecule has 0 aliphatic carbocycles. The van der Waals surface area contributed by atoms with Crippen LogP contribution in [0.25, 0.3) is 0 Å². The fourth-order valence-corrected chi connectivity index (χ4v) is 6.93. The highest BCUT2D eigenvalue weighted by atomic mass is 32.7. The summed E-state index contributed by atoms with van der Waals surface area (Å²) in [6.45, 7) is 8.54. The van der Waals surface area contributed by atoms with Crippen molar-refractivity contribution < 1.29 is 0 Å². The van der Waals surface area contributed by atoms with Crippen LogP contribution in [0.4, 0.5) is 0 Å². The van der Waals surface area contributed by atoms with E-state index in [1.54, 1.807) is 0 Å². The first-order valence-electron chi connectivity index (χ1n) is 4.97. The third-order valence-electron chi connectivity index (χ3n) is 2.75. The van der Waals surface area contributed by atoms with Gasteiger partial charge in [0.05, 0.1) is 31.0 Å². The summed E-state index contributed by atoms with van der Waals surface area (Å²) in [5.74, 6) is 1.03. The summed E-state index contributed by atoms with van der Waals surface area (Å²) in [6.07, 6.45) is 3.28. The SMILES string of the molecule is CCC(C)[P+](C)(CC)SCCC#N. The van der Waals surface area contributed by atoms with Gasteiger partial charge in [-0.25, -0.2) is 0 Å². The highest BCUT2D eigenvalue weighted by Crippen LogP contribution is 2.70. The molecule has 0 amide bonds. The normalized spacial score (nSPS) is 17.5. The Morgan fingerprint density at radius 3 is 2.46 bits per heavy atom. The van der Waals surface area contributed by atoms with Crippen LogP contribution in [-0.2, 0) is 0 Å². The van der Waals surface area contributed by atoms with Gasteiger partial charge in [-0.1, -0.05) is 6.92 Å². The van der Waals surface area contributed by atoms with Crippen LogP contribution in [0.2, 0.25) is 0 Å². The van der Waals surface area contributed by atoms with Crippen LogP contribution < -0.4 is 0 Å². The lowest BCUT2D eigenvalue weighted by Gasteiger charge is -2.25. The Morgan fingerprint density at radius 1 is 1.46 bits per heavy atom. The van der Waals surface area contributed by atoms with Crippen molar-refractivity contribution in [3.8, 4) is 6.07 Å². The zero-order valence-electron chi connectivity index (χ0n) is 9.21. The minimum atomic E-state index is -0.805. The lowest BCUT2D eigenvalue weighted by Crippen LogP contribution is -2.07. The molecule has 0 N–H and O–H groups in total. The highest BCUT2D eigenvalue weighted by molar-refractivity contribution is 8.62. The quantitative estimate of drug-likeness (QED) is 0.496. The second-order valence-electron chi connectivity index (χ2n) is 3.49. The summed E-state index contributed by atoms with van der Waals surface area (Å²) >= 11 is 2.07. The first kappa shape index (κ1) is 13.3. The van der Waals surface area contributed by atoms with Gasteiger partial charge in [-0.05, 0) is 20.3 Å². The maximum Gasteiger partial charge on any atom is 0.0767 e. The number of rotatable bonds is 6. The van der Waals surface area contributed by atoms with Crippen LogP contribution in [0, 0.1) is 11.3 Å². The molecule has 1 nitrogen and oxygen atoms in total. The first-order chi connectivity index (χ1) is 6.10. The molecule has 0 aliphatic heterocycles. The highest BCUT2D eigenvalue weighted by Gasteiger charge is 2.36. The van der Waals surface area contributed by atoms with Gasteiger partial charge in [0.2, 0.25) is 0 Å². The minimum Gasteiger partial charge on any atom is -0.198 e. The predicted molar refractivity (Wildman–Crippen MR) is 65.8 cm³/mol. The molecule has 13 heavy (non-hydrogen) atoms. The van der Waals surface area contributed by atoms with E-state index in [1.807, 2.05) is 0 Å². The van der Waals surface area contributed by atoms with Crippen LogP contribution in [-0.4, -0.2) is 24.2 Å². The van der Waals surface area contributed by atoms with Crippen LogP contribution in [0.1, 0.15) is 33.6 Å². The van der Waals surface area contributed by atoms with Crippen molar-refractivity contribution in [3.05, 3.63) is 0 Å². The molecule has 0 aromatic rings. The van der Waals surface area contributed by atoms with Gasteiger partial charge in [-0.2, -0.15) is 5.26 Å². The van der Waals surface area contributed by atoms with Crippen molar-refractivity contribution in [3.63, 3.8) is 0 Å². The van der Waals surface area contributed by atoms with Crippen molar-refractivity contribution in [1.29, 1.82) is 5.26 Å². The van der Waals surface area contributed by atoms with Crippen LogP contribution in [0.15, 0.2) is 0 Å². The van der Waals surface area contributed by atoms with Gasteiger partial charge >= 0.3 is 0 Å². The summed E-state index contributed by atoms with van der Waals surface area (Å²) < 4.78 is 0. The van der Waals surface area contributed by atoms with E-state index in [-0.39, 0.29) is 0 Å². The Bertz CT molecular complexity index is 178. The molecule has 0 fully saturated rings. The number of hydrogen-bond donors (Lipinski definition) is 0. The molecular formula is C10H21NPS+. The van der Waals surface area contributed by atoms with E-state index in [0.717, 1.165) is 11.4 Å². The molecule has 0 rings (SSSR count). The molecule has 0 aromatic heterocycles. The van der Waals surface area contributed by atoms with Crippen molar-refractivity contribution in [2.45, 2.75) is 39.3 Å². The molecule has 0 radical (unpaired) electrons. The molecule has 0 saturated heterocycles. The fraction of sp³-hybridized carbons (Fsp3) is 0.900. The molecule has 3 heteroatoms. The molecule has 2 unspecified atom stereocenters.